The molecule has 0 saturated carbocycles. The van der Waals surface area contributed by atoms with Gasteiger partial charge in [-0.15, -0.1) is 0 Å². The normalized spacial score (nSPS) is 19.4. The molecular formula is C35H43N7O5. The van der Waals surface area contributed by atoms with Gasteiger partial charge in [0.05, 0.1) is 38.4 Å². The lowest BCUT2D eigenvalue weighted by Crippen LogP contribution is -2.39. The van der Waals surface area contributed by atoms with E-state index in [4.69, 9.17) is 20.6 Å². The van der Waals surface area contributed by atoms with Crippen LogP contribution in [0.1, 0.15) is 49.6 Å². The van der Waals surface area contributed by atoms with Crippen molar-refractivity contribution in [1.82, 2.24) is 20.2 Å². The van der Waals surface area contributed by atoms with Gasteiger partial charge in [0.1, 0.15) is 17.8 Å². The molecule has 2 aliphatic rings. The molecule has 248 valence electrons. The third-order valence-corrected chi connectivity index (χ3v) is 8.21. The number of hydrogen-bond acceptors (Lipinski definition) is 10. The maximum absolute atomic E-state index is 12.7. The van der Waals surface area contributed by atoms with E-state index in [1.165, 1.54) is 11.1 Å². The van der Waals surface area contributed by atoms with E-state index in [1.54, 1.807) is 26.4 Å². The molecule has 5 rings (SSSR count). The summed E-state index contributed by atoms with van der Waals surface area (Å²) in [6.07, 6.45) is 8.59. The molecule has 0 radical (unpaired) electrons. The van der Waals surface area contributed by atoms with Crippen molar-refractivity contribution in [2.45, 2.75) is 32.1 Å². The van der Waals surface area contributed by atoms with Crippen molar-refractivity contribution in [3.05, 3.63) is 87.4 Å². The number of aryl methyl sites for hydroxylation is 2. The van der Waals surface area contributed by atoms with Gasteiger partial charge >= 0.3 is 0 Å². The second kappa shape index (κ2) is 16.1. The molecule has 5 N–H and O–H groups in total. The molecular weight excluding hydrogens is 598 g/mol. The Morgan fingerprint density at radius 1 is 1.11 bits per heavy atom. The number of carbonyl (C=O) groups is 3. The van der Waals surface area contributed by atoms with Crippen molar-refractivity contribution in [3.63, 3.8) is 0 Å². The van der Waals surface area contributed by atoms with Gasteiger partial charge < -0.3 is 40.9 Å². The Hall–Kier alpha value is -4.94. The Morgan fingerprint density at radius 2 is 1.89 bits per heavy atom. The summed E-state index contributed by atoms with van der Waals surface area (Å²) in [5.41, 5.74) is 12.0. The summed E-state index contributed by atoms with van der Waals surface area (Å²) in [4.78, 5) is 48.2. The van der Waals surface area contributed by atoms with E-state index in [0.29, 0.717) is 63.0 Å². The fourth-order valence-corrected chi connectivity index (χ4v) is 5.55. The van der Waals surface area contributed by atoms with Gasteiger partial charge in [0.2, 0.25) is 5.91 Å². The van der Waals surface area contributed by atoms with Crippen LogP contribution in [-0.4, -0.2) is 92.8 Å². The number of nitrogen functional groups attached to an aromatic ring is 1. The fourth-order valence-electron chi connectivity index (χ4n) is 5.55. The van der Waals surface area contributed by atoms with Crippen molar-refractivity contribution in [2.75, 3.05) is 64.7 Å². The van der Waals surface area contributed by atoms with Gasteiger partial charge in [0, 0.05) is 62.0 Å². The zero-order valence-corrected chi connectivity index (χ0v) is 27.4. The second-order valence-electron chi connectivity index (χ2n) is 11.7. The van der Waals surface area contributed by atoms with Crippen LogP contribution in [0, 0.1) is 19.3 Å². The number of nitrogens with one attached hydrogen (secondary N) is 3. The number of hydrogen-bond donors (Lipinski definition) is 4. The third kappa shape index (κ3) is 8.66. The lowest BCUT2D eigenvalue weighted by atomic mass is 9.79. The number of pyridine rings is 2. The van der Waals surface area contributed by atoms with Crippen LogP contribution in [0.25, 0.3) is 6.08 Å². The number of nitrogens with two attached hydrogens (primary N) is 1. The highest BCUT2D eigenvalue weighted by atomic mass is 16.5. The van der Waals surface area contributed by atoms with Crippen LogP contribution >= 0.6 is 0 Å². The van der Waals surface area contributed by atoms with Crippen LogP contribution in [0.15, 0.2) is 42.6 Å². The smallest absolute Gasteiger partial charge is 0.270 e. The number of rotatable bonds is 3. The maximum Gasteiger partial charge on any atom is 0.270 e. The molecule has 3 aromatic rings. The summed E-state index contributed by atoms with van der Waals surface area (Å²) in [5.74, 6) is -0.0532. The summed E-state index contributed by atoms with van der Waals surface area (Å²) in [6, 6.07) is 9.35. The first-order valence-electron chi connectivity index (χ1n) is 15.5. The Balaban J connectivity index is 0.000000385. The first-order valence-corrected chi connectivity index (χ1v) is 15.5. The van der Waals surface area contributed by atoms with Gasteiger partial charge in [0.15, 0.2) is 0 Å². The predicted octanol–water partition coefficient (Wildman–Crippen LogP) is 2.89. The molecule has 12 nitrogen and oxygen atoms in total. The fraction of sp³-hybridized carbons (Fsp3) is 0.371. The summed E-state index contributed by atoms with van der Waals surface area (Å²) >= 11 is 0. The van der Waals surface area contributed by atoms with Crippen LogP contribution in [0.3, 0.4) is 0 Å². The Labute approximate surface area is 275 Å². The Kier molecular flexibility index (Phi) is 11.9. The van der Waals surface area contributed by atoms with Crippen LogP contribution < -0.4 is 16.4 Å². The molecule has 47 heavy (non-hydrogen) atoms. The van der Waals surface area contributed by atoms with Gasteiger partial charge in [-0.3, -0.25) is 9.59 Å². The zero-order valence-electron chi connectivity index (χ0n) is 27.4. The van der Waals surface area contributed by atoms with E-state index in [0.717, 1.165) is 39.7 Å². The predicted molar refractivity (Wildman–Crippen MR) is 182 cm³/mol. The lowest BCUT2D eigenvalue weighted by molar-refractivity contribution is -0.129. The minimum absolute atomic E-state index is 0.147. The highest BCUT2D eigenvalue weighted by molar-refractivity contribution is 5.95. The third-order valence-electron chi connectivity index (χ3n) is 8.21. The first-order chi connectivity index (χ1) is 22.6. The SMILES string of the molecule is CNc1ncc2cc1C1(C=O)Cc3ccc(nc3C1)C(=O)NCC(=O)N(C)CCOCCOC/C=C/2.Cc1cc(C)c(N)c(C=N)c1. The number of likely N-dealkylation sites (N-methyl/N-ethyl adjacent to an activating group) is 1. The van der Waals surface area contributed by atoms with Crippen LogP contribution in [-0.2, 0) is 37.3 Å². The van der Waals surface area contributed by atoms with Crippen molar-refractivity contribution in [3.8, 4) is 0 Å². The number of amides is 2. The van der Waals surface area contributed by atoms with E-state index < -0.39 is 11.3 Å². The molecule has 1 atom stereocenters. The van der Waals surface area contributed by atoms with Crippen molar-refractivity contribution >= 4 is 41.9 Å². The second-order valence-corrected chi connectivity index (χ2v) is 11.7. The lowest BCUT2D eigenvalue weighted by Gasteiger charge is -2.25. The number of benzene rings is 1. The van der Waals surface area contributed by atoms with Gasteiger partial charge in [0.25, 0.3) is 5.91 Å². The van der Waals surface area contributed by atoms with Crippen molar-refractivity contribution in [1.29, 1.82) is 5.41 Å². The standard InChI is InChI=1S/C26H31N5O5.C9H12N2/c1-27-24-20-12-18(15-28-24)4-3-8-35-10-11-36-9-7-31(2)23(33)16-29-25(34)21-6-5-19-13-26(20,17-32)14-22(19)30-21;1-6-3-7(2)9(11)8(4-6)5-10/h3-6,12,15,17H,7-11,13-14,16H2,1-2H3,(H,27,28)(H,29,34);3-5,10H,11H2,1-2H3/b4-3+;. The molecule has 0 spiro atoms. The first kappa shape index (κ1) is 34.9. The molecule has 1 aliphatic heterocycles. The minimum Gasteiger partial charge on any atom is -0.398 e. The molecule has 1 aromatic carbocycles. The highest BCUT2D eigenvalue weighted by Gasteiger charge is 2.42. The molecule has 5 bridgehead atoms. The van der Waals surface area contributed by atoms with Gasteiger partial charge in [-0.1, -0.05) is 29.8 Å². The molecule has 2 aromatic heterocycles. The van der Waals surface area contributed by atoms with Crippen LogP contribution in [0.5, 0.6) is 0 Å². The zero-order chi connectivity index (χ0) is 34.0. The minimum atomic E-state index is -0.858. The van der Waals surface area contributed by atoms with Crippen molar-refractivity contribution < 1.29 is 23.9 Å². The quantitative estimate of drug-likeness (QED) is 0.191. The number of fused-ring (bicyclic) bond motifs is 5. The molecule has 12 heteroatoms. The molecule has 3 heterocycles. The van der Waals surface area contributed by atoms with Crippen molar-refractivity contribution in [2.24, 2.45) is 0 Å². The van der Waals surface area contributed by atoms with E-state index in [2.05, 4.69) is 20.6 Å². The topological polar surface area (TPSA) is 173 Å². The largest absolute Gasteiger partial charge is 0.398 e. The van der Waals surface area contributed by atoms with Gasteiger partial charge in [-0.2, -0.15) is 0 Å². The molecule has 1 unspecified atom stereocenters. The Bertz CT molecular complexity index is 1660. The number of nitrogens with zero attached hydrogens (tertiary/aromatic N) is 3. The Morgan fingerprint density at radius 3 is 2.64 bits per heavy atom. The average molecular weight is 642 g/mol. The summed E-state index contributed by atoms with van der Waals surface area (Å²) in [6.45, 7) is 5.80. The number of anilines is 2. The number of aldehydes is 1. The number of carbonyl (C=O) groups excluding carboxylic acids is 3. The maximum atomic E-state index is 12.7. The van der Waals surface area contributed by atoms with E-state index in [-0.39, 0.29) is 18.1 Å². The van der Waals surface area contributed by atoms with E-state index >= 15 is 0 Å². The van der Waals surface area contributed by atoms with Crippen LogP contribution in [0.4, 0.5) is 11.5 Å². The van der Waals surface area contributed by atoms with Gasteiger partial charge in [-0.05, 0) is 55.2 Å². The number of aromatic nitrogens is 2. The molecule has 0 saturated heterocycles. The monoisotopic (exact) mass is 641 g/mol. The summed E-state index contributed by atoms with van der Waals surface area (Å²) in [7, 11) is 3.43. The molecule has 2 amide bonds. The molecule has 0 fully saturated rings. The van der Waals surface area contributed by atoms with E-state index in [1.807, 2.05) is 50.3 Å². The van der Waals surface area contributed by atoms with Crippen LogP contribution in [0.2, 0.25) is 0 Å². The summed E-state index contributed by atoms with van der Waals surface area (Å²) in [5, 5.41) is 12.8. The molecule has 1 aliphatic carbocycles. The highest BCUT2D eigenvalue weighted by Crippen LogP contribution is 2.40. The number of ether oxygens (including phenoxy) is 2. The average Bonchev–Trinajstić information content (AvgIpc) is 3.47. The summed E-state index contributed by atoms with van der Waals surface area (Å²) < 4.78 is 11.1. The van der Waals surface area contributed by atoms with Gasteiger partial charge in [-0.25, -0.2) is 9.97 Å². The van der Waals surface area contributed by atoms with E-state index in [9.17, 15) is 14.4 Å².